The molecule has 1 aromatic rings. The van der Waals surface area contributed by atoms with E-state index in [1.165, 1.54) is 17.0 Å². The molecule has 0 saturated carbocycles. The van der Waals surface area contributed by atoms with Gasteiger partial charge in [-0.2, -0.15) is 0 Å². The van der Waals surface area contributed by atoms with Crippen LogP contribution < -0.4 is 0 Å². The van der Waals surface area contributed by atoms with Crippen LogP contribution in [0.25, 0.3) is 0 Å². The third-order valence-corrected chi connectivity index (χ3v) is 3.91. The Bertz CT molecular complexity index is 633. The fourth-order valence-corrected chi connectivity index (χ4v) is 2.47. The highest BCUT2D eigenvalue weighted by atomic mass is 35.5. The van der Waals surface area contributed by atoms with Gasteiger partial charge in [-0.3, -0.25) is 24.6 Å². The lowest BCUT2D eigenvalue weighted by molar-refractivity contribution is -0.385. The molecular formula is C15H18Cl2N2O6. The van der Waals surface area contributed by atoms with Gasteiger partial charge in [0.1, 0.15) is 0 Å². The minimum atomic E-state index is -0.607. The molecule has 0 aliphatic rings. The zero-order valence-electron chi connectivity index (χ0n) is 13.8. The van der Waals surface area contributed by atoms with Crippen molar-refractivity contribution in [3.8, 4) is 0 Å². The van der Waals surface area contributed by atoms with Gasteiger partial charge in [0, 0.05) is 12.6 Å². The van der Waals surface area contributed by atoms with E-state index in [1.54, 1.807) is 13.8 Å². The molecule has 8 nitrogen and oxygen atoms in total. The number of rotatable bonds is 9. The fraction of sp³-hybridized carbons (Fsp3) is 0.467. The molecule has 0 aromatic heterocycles. The van der Waals surface area contributed by atoms with E-state index in [0.717, 1.165) is 0 Å². The zero-order valence-corrected chi connectivity index (χ0v) is 15.3. The van der Waals surface area contributed by atoms with Crippen molar-refractivity contribution >= 4 is 40.8 Å². The number of nitrogens with zero attached hydrogens (tertiary/aromatic N) is 2. The molecule has 0 atom stereocenters. The Morgan fingerprint density at radius 1 is 1.12 bits per heavy atom. The second-order valence-electron chi connectivity index (χ2n) is 4.87. The summed E-state index contributed by atoms with van der Waals surface area (Å²) in [4.78, 5) is 35.4. The van der Waals surface area contributed by atoms with Crippen molar-refractivity contribution in [3.05, 3.63) is 37.9 Å². The minimum absolute atomic E-state index is 0.00594. The SMILES string of the molecule is CCOC(=O)CN(CC(=O)OCC)Cc1c([N+](=O)[O-])ccc(Cl)c1Cl. The Morgan fingerprint density at radius 2 is 1.64 bits per heavy atom. The molecule has 0 heterocycles. The maximum atomic E-state index is 11.7. The Labute approximate surface area is 154 Å². The Kier molecular flexibility index (Phi) is 8.60. The molecular weight excluding hydrogens is 375 g/mol. The topological polar surface area (TPSA) is 99.0 Å². The van der Waals surface area contributed by atoms with Crippen molar-refractivity contribution in [1.29, 1.82) is 0 Å². The van der Waals surface area contributed by atoms with E-state index in [1.807, 2.05) is 0 Å². The molecule has 1 aromatic carbocycles. The normalized spacial score (nSPS) is 10.6. The van der Waals surface area contributed by atoms with Gasteiger partial charge in [0.2, 0.25) is 0 Å². The summed E-state index contributed by atoms with van der Waals surface area (Å²) in [6.45, 7) is 2.97. The average Bonchev–Trinajstić information content (AvgIpc) is 2.51. The first-order valence-electron chi connectivity index (χ1n) is 7.44. The summed E-state index contributed by atoms with van der Waals surface area (Å²) in [5, 5.41) is 11.3. The number of nitro benzene ring substituents is 1. The minimum Gasteiger partial charge on any atom is -0.465 e. The van der Waals surface area contributed by atoms with Crippen LogP contribution in [0.15, 0.2) is 12.1 Å². The van der Waals surface area contributed by atoms with E-state index in [-0.39, 0.29) is 54.1 Å². The number of halogens is 2. The predicted octanol–water partition coefficient (Wildman–Crippen LogP) is 2.83. The Morgan fingerprint density at radius 3 is 2.08 bits per heavy atom. The smallest absolute Gasteiger partial charge is 0.320 e. The number of carbonyl (C=O) groups is 2. The lowest BCUT2D eigenvalue weighted by Crippen LogP contribution is -2.36. The molecule has 0 bridgehead atoms. The number of nitro groups is 1. The second-order valence-corrected chi connectivity index (χ2v) is 5.66. The molecule has 25 heavy (non-hydrogen) atoms. The van der Waals surface area contributed by atoms with Crippen LogP contribution in [0, 0.1) is 10.1 Å². The highest BCUT2D eigenvalue weighted by Crippen LogP contribution is 2.33. The van der Waals surface area contributed by atoms with Crippen molar-refractivity contribution in [2.45, 2.75) is 20.4 Å². The van der Waals surface area contributed by atoms with Crippen LogP contribution in [0.3, 0.4) is 0 Å². The highest BCUT2D eigenvalue weighted by molar-refractivity contribution is 6.42. The summed E-state index contributed by atoms with van der Waals surface area (Å²) in [5.74, 6) is -1.15. The first kappa shape index (κ1) is 21.1. The summed E-state index contributed by atoms with van der Waals surface area (Å²) in [6, 6.07) is 2.53. The summed E-state index contributed by atoms with van der Waals surface area (Å²) in [7, 11) is 0. The maximum absolute atomic E-state index is 11.7. The molecule has 0 unspecified atom stereocenters. The number of hydrogen-bond acceptors (Lipinski definition) is 7. The van der Waals surface area contributed by atoms with Crippen LogP contribution >= 0.6 is 23.2 Å². The van der Waals surface area contributed by atoms with Crippen molar-refractivity contribution in [3.63, 3.8) is 0 Å². The van der Waals surface area contributed by atoms with Gasteiger partial charge in [-0.05, 0) is 19.9 Å². The predicted molar refractivity (Wildman–Crippen MR) is 91.7 cm³/mol. The van der Waals surface area contributed by atoms with Gasteiger partial charge < -0.3 is 9.47 Å². The number of benzene rings is 1. The second kappa shape index (κ2) is 10.2. The Hall–Kier alpha value is -1.90. The lowest BCUT2D eigenvalue weighted by atomic mass is 10.1. The quantitative estimate of drug-likeness (QED) is 0.361. The largest absolute Gasteiger partial charge is 0.465 e. The van der Waals surface area contributed by atoms with E-state index < -0.39 is 16.9 Å². The third-order valence-electron chi connectivity index (χ3n) is 3.07. The van der Waals surface area contributed by atoms with Crippen LogP contribution in [0.5, 0.6) is 0 Å². The van der Waals surface area contributed by atoms with Gasteiger partial charge in [-0.1, -0.05) is 23.2 Å². The molecule has 0 aliphatic heterocycles. The van der Waals surface area contributed by atoms with Gasteiger partial charge in [-0.25, -0.2) is 0 Å². The molecule has 0 spiro atoms. The number of esters is 2. The molecule has 0 aliphatic carbocycles. The fourth-order valence-electron chi connectivity index (χ4n) is 2.07. The first-order valence-corrected chi connectivity index (χ1v) is 8.20. The molecule has 0 fully saturated rings. The number of ether oxygens (including phenoxy) is 2. The van der Waals surface area contributed by atoms with Crippen molar-refractivity contribution in [2.75, 3.05) is 26.3 Å². The summed E-state index contributed by atoms with van der Waals surface area (Å²) < 4.78 is 9.72. The lowest BCUT2D eigenvalue weighted by Gasteiger charge is -2.21. The van der Waals surface area contributed by atoms with Crippen LogP contribution in [0.4, 0.5) is 5.69 Å². The molecule has 138 valence electrons. The first-order chi connectivity index (χ1) is 11.8. The van der Waals surface area contributed by atoms with E-state index in [9.17, 15) is 19.7 Å². The van der Waals surface area contributed by atoms with Crippen LogP contribution in [-0.2, 0) is 25.6 Å². The van der Waals surface area contributed by atoms with E-state index in [0.29, 0.717) is 0 Å². The van der Waals surface area contributed by atoms with Crippen molar-refractivity contribution < 1.29 is 24.0 Å². The third kappa shape index (κ3) is 6.49. The van der Waals surface area contributed by atoms with E-state index >= 15 is 0 Å². The van der Waals surface area contributed by atoms with Gasteiger partial charge >= 0.3 is 11.9 Å². The number of hydrogen-bond donors (Lipinski definition) is 0. The maximum Gasteiger partial charge on any atom is 0.320 e. The molecule has 0 saturated heterocycles. The summed E-state index contributed by atoms with van der Waals surface area (Å²) in [5.41, 5.74) is -0.153. The van der Waals surface area contributed by atoms with Crippen molar-refractivity contribution in [2.24, 2.45) is 0 Å². The summed E-state index contributed by atoms with van der Waals surface area (Å²) in [6.07, 6.45) is 0. The van der Waals surface area contributed by atoms with Gasteiger partial charge in [0.25, 0.3) is 5.69 Å². The van der Waals surface area contributed by atoms with Gasteiger partial charge in [-0.15, -0.1) is 0 Å². The highest BCUT2D eigenvalue weighted by Gasteiger charge is 2.24. The van der Waals surface area contributed by atoms with Crippen LogP contribution in [0.2, 0.25) is 10.0 Å². The molecule has 0 radical (unpaired) electrons. The average molecular weight is 393 g/mol. The standard InChI is InChI=1S/C15H18Cl2N2O6/c1-3-24-13(20)8-18(9-14(21)25-4-2)7-10-12(19(22)23)6-5-11(16)15(10)17/h5-6H,3-4,7-9H2,1-2H3. The molecule has 0 N–H and O–H groups in total. The van der Waals surface area contributed by atoms with Gasteiger partial charge in [0.05, 0.1) is 46.8 Å². The monoisotopic (exact) mass is 392 g/mol. The van der Waals surface area contributed by atoms with Crippen LogP contribution in [-0.4, -0.2) is 48.1 Å². The van der Waals surface area contributed by atoms with Crippen molar-refractivity contribution in [1.82, 2.24) is 4.90 Å². The molecule has 0 amide bonds. The Balaban J connectivity index is 3.11. The zero-order chi connectivity index (χ0) is 19.0. The van der Waals surface area contributed by atoms with Gasteiger partial charge in [0.15, 0.2) is 0 Å². The van der Waals surface area contributed by atoms with Crippen LogP contribution in [0.1, 0.15) is 19.4 Å². The summed E-state index contributed by atoms with van der Waals surface area (Å²) >= 11 is 12.0. The van der Waals surface area contributed by atoms with E-state index in [2.05, 4.69) is 0 Å². The molecule has 1 rings (SSSR count). The molecule has 10 heteroatoms. The number of carbonyl (C=O) groups excluding carboxylic acids is 2. The van der Waals surface area contributed by atoms with E-state index in [4.69, 9.17) is 32.7 Å².